The maximum atomic E-state index is 11.6. The van der Waals surface area contributed by atoms with Crippen LogP contribution >= 0.6 is 0 Å². The van der Waals surface area contributed by atoms with Gasteiger partial charge in [-0.3, -0.25) is 0 Å². The lowest BCUT2D eigenvalue weighted by Crippen LogP contribution is -2.47. The molecule has 0 radical (unpaired) electrons. The number of nitrogens with two attached hydrogens (primary N) is 1. The van der Waals surface area contributed by atoms with Gasteiger partial charge in [-0.1, -0.05) is 12.1 Å². The maximum absolute atomic E-state index is 11.6. The predicted molar refractivity (Wildman–Crippen MR) is 128 cm³/mol. The number of piperazine rings is 1. The summed E-state index contributed by atoms with van der Waals surface area (Å²) in [4.78, 5) is 25.0. The molecule has 0 bridgehead atoms. The molecule has 0 saturated carbocycles. The van der Waals surface area contributed by atoms with Crippen LogP contribution < -0.4 is 20.9 Å². The molecule has 166 valence electrons. The average Bonchev–Trinajstić information content (AvgIpc) is 2.82. The lowest BCUT2D eigenvalue weighted by molar-refractivity contribution is 0.0601. The van der Waals surface area contributed by atoms with Crippen molar-refractivity contribution in [2.75, 3.05) is 54.1 Å². The summed E-state index contributed by atoms with van der Waals surface area (Å²) in [5.41, 5.74) is 12.1. The van der Waals surface area contributed by atoms with E-state index < -0.39 is 0 Å². The summed E-state index contributed by atoms with van der Waals surface area (Å²) in [5.74, 6) is 0.896. The molecule has 1 aromatic heterocycles. The first kappa shape index (κ1) is 21.4. The topological polar surface area (TPSA) is 96.6 Å². The molecule has 3 aromatic rings. The molecule has 0 aliphatic carbocycles. The van der Waals surface area contributed by atoms with Crippen LogP contribution in [0.15, 0.2) is 48.8 Å². The van der Waals surface area contributed by atoms with Crippen molar-refractivity contribution in [1.29, 1.82) is 0 Å². The highest BCUT2D eigenvalue weighted by Gasteiger charge is 2.22. The minimum Gasteiger partial charge on any atom is -0.465 e. The number of rotatable bonds is 5. The van der Waals surface area contributed by atoms with Crippen molar-refractivity contribution < 1.29 is 9.53 Å². The summed E-state index contributed by atoms with van der Waals surface area (Å²) in [5, 5.41) is 3.22. The van der Waals surface area contributed by atoms with E-state index in [0.29, 0.717) is 17.1 Å². The molecule has 1 aliphatic heterocycles. The van der Waals surface area contributed by atoms with E-state index in [9.17, 15) is 4.79 Å². The number of anilines is 5. The van der Waals surface area contributed by atoms with Crippen LogP contribution in [0.1, 0.15) is 21.5 Å². The van der Waals surface area contributed by atoms with E-state index in [0.717, 1.165) is 37.7 Å². The number of nitrogens with one attached hydrogen (secondary N) is 1. The Hall–Kier alpha value is -3.81. The summed E-state index contributed by atoms with van der Waals surface area (Å²) < 4.78 is 4.74. The number of hydrogen-bond donors (Lipinski definition) is 2. The Morgan fingerprint density at radius 1 is 1.00 bits per heavy atom. The van der Waals surface area contributed by atoms with Gasteiger partial charge in [-0.15, -0.1) is 0 Å². The van der Waals surface area contributed by atoms with Gasteiger partial charge in [0.2, 0.25) is 0 Å². The number of nitrogen functional groups attached to an aromatic ring is 1. The number of aromatic nitrogens is 2. The highest BCUT2D eigenvalue weighted by molar-refractivity contribution is 5.90. The van der Waals surface area contributed by atoms with E-state index >= 15 is 0 Å². The molecule has 0 spiro atoms. The third-order valence-corrected chi connectivity index (χ3v) is 5.93. The number of carbonyl (C=O) groups excluding carboxylic acids is 1. The van der Waals surface area contributed by atoms with Crippen LogP contribution in [0, 0.1) is 13.8 Å². The smallest absolute Gasteiger partial charge is 0.337 e. The van der Waals surface area contributed by atoms with Crippen LogP contribution in [0.3, 0.4) is 0 Å². The standard InChI is InChI=1S/C24H28N6O2/c1-16-5-4-6-20(17(16)2)29-11-13-30(14-12-29)23-21(25)22(26-15-27-23)28-19-9-7-18(8-10-19)24(31)32-3/h4-10,15H,11-14,25H2,1-3H3,(H,26,27,28). The normalized spacial score (nSPS) is 13.7. The second kappa shape index (κ2) is 9.13. The number of methoxy groups -OCH3 is 1. The van der Waals surface area contributed by atoms with Gasteiger partial charge >= 0.3 is 5.97 Å². The lowest BCUT2D eigenvalue weighted by Gasteiger charge is -2.38. The summed E-state index contributed by atoms with van der Waals surface area (Å²) in [7, 11) is 1.36. The molecule has 32 heavy (non-hydrogen) atoms. The Balaban J connectivity index is 1.46. The summed E-state index contributed by atoms with van der Waals surface area (Å²) >= 11 is 0. The molecule has 0 amide bonds. The molecule has 3 N–H and O–H groups in total. The average molecular weight is 433 g/mol. The van der Waals surface area contributed by atoms with Crippen LogP contribution in [0.2, 0.25) is 0 Å². The van der Waals surface area contributed by atoms with Gasteiger partial charge in [0.1, 0.15) is 12.0 Å². The minimum absolute atomic E-state index is 0.375. The van der Waals surface area contributed by atoms with E-state index in [-0.39, 0.29) is 5.97 Å². The fraction of sp³-hybridized carbons (Fsp3) is 0.292. The zero-order valence-corrected chi connectivity index (χ0v) is 18.6. The Morgan fingerprint density at radius 3 is 2.38 bits per heavy atom. The predicted octanol–water partition coefficient (Wildman–Crippen LogP) is 3.53. The summed E-state index contributed by atoms with van der Waals surface area (Å²) in [6.45, 7) is 7.75. The fourth-order valence-corrected chi connectivity index (χ4v) is 3.92. The molecule has 0 atom stereocenters. The zero-order chi connectivity index (χ0) is 22.7. The van der Waals surface area contributed by atoms with Gasteiger partial charge in [0.25, 0.3) is 0 Å². The molecule has 1 aliphatic rings. The molecule has 2 heterocycles. The lowest BCUT2D eigenvalue weighted by atomic mass is 10.1. The molecular weight excluding hydrogens is 404 g/mol. The first-order valence-corrected chi connectivity index (χ1v) is 10.6. The second-order valence-electron chi connectivity index (χ2n) is 7.85. The number of aryl methyl sites for hydroxylation is 1. The van der Waals surface area contributed by atoms with Gasteiger partial charge in [-0.2, -0.15) is 0 Å². The Morgan fingerprint density at radius 2 is 1.69 bits per heavy atom. The van der Waals surface area contributed by atoms with Gasteiger partial charge in [0, 0.05) is 37.6 Å². The van der Waals surface area contributed by atoms with E-state index in [1.165, 1.54) is 30.3 Å². The van der Waals surface area contributed by atoms with Crippen molar-refractivity contribution in [2.45, 2.75) is 13.8 Å². The third kappa shape index (κ3) is 4.30. The van der Waals surface area contributed by atoms with Gasteiger partial charge in [0.15, 0.2) is 11.6 Å². The zero-order valence-electron chi connectivity index (χ0n) is 18.6. The van der Waals surface area contributed by atoms with Gasteiger partial charge in [-0.05, 0) is 55.3 Å². The van der Waals surface area contributed by atoms with Crippen molar-refractivity contribution >= 4 is 34.7 Å². The van der Waals surface area contributed by atoms with E-state index in [2.05, 4.69) is 57.1 Å². The monoisotopic (exact) mass is 432 g/mol. The van der Waals surface area contributed by atoms with E-state index in [1.54, 1.807) is 24.3 Å². The van der Waals surface area contributed by atoms with Gasteiger partial charge in [-0.25, -0.2) is 14.8 Å². The molecular formula is C24H28N6O2. The quantitative estimate of drug-likeness (QED) is 0.591. The number of hydrogen-bond acceptors (Lipinski definition) is 8. The third-order valence-electron chi connectivity index (χ3n) is 5.93. The van der Waals surface area contributed by atoms with Crippen molar-refractivity contribution in [2.24, 2.45) is 0 Å². The first-order chi connectivity index (χ1) is 15.5. The van der Waals surface area contributed by atoms with Crippen molar-refractivity contribution in [1.82, 2.24) is 9.97 Å². The summed E-state index contributed by atoms with van der Waals surface area (Å²) in [6, 6.07) is 13.4. The number of ether oxygens (including phenoxy) is 1. The van der Waals surface area contributed by atoms with Crippen molar-refractivity contribution in [3.05, 3.63) is 65.5 Å². The van der Waals surface area contributed by atoms with Gasteiger partial charge in [0.05, 0.1) is 12.7 Å². The summed E-state index contributed by atoms with van der Waals surface area (Å²) in [6.07, 6.45) is 1.52. The number of esters is 1. The maximum Gasteiger partial charge on any atom is 0.337 e. The molecule has 1 fully saturated rings. The SMILES string of the molecule is COC(=O)c1ccc(Nc2ncnc(N3CCN(c4cccc(C)c4C)CC3)c2N)cc1. The number of carbonyl (C=O) groups is 1. The Kier molecular flexibility index (Phi) is 6.11. The second-order valence-corrected chi connectivity index (χ2v) is 7.85. The molecule has 8 heteroatoms. The molecule has 4 rings (SSSR count). The van der Waals surface area contributed by atoms with E-state index in [1.807, 2.05) is 0 Å². The highest BCUT2D eigenvalue weighted by Crippen LogP contribution is 2.30. The first-order valence-electron chi connectivity index (χ1n) is 10.6. The number of nitrogens with zero attached hydrogens (tertiary/aromatic N) is 4. The van der Waals surface area contributed by atoms with Crippen LogP contribution in [-0.4, -0.2) is 49.2 Å². The van der Waals surface area contributed by atoms with Crippen molar-refractivity contribution in [3.63, 3.8) is 0 Å². The van der Waals surface area contributed by atoms with Crippen LogP contribution in [0.5, 0.6) is 0 Å². The fourth-order valence-electron chi connectivity index (χ4n) is 3.92. The van der Waals surface area contributed by atoms with E-state index in [4.69, 9.17) is 10.5 Å². The molecule has 2 aromatic carbocycles. The van der Waals surface area contributed by atoms with Crippen LogP contribution in [-0.2, 0) is 4.74 Å². The Labute approximate surface area is 188 Å². The number of benzene rings is 2. The largest absolute Gasteiger partial charge is 0.465 e. The molecule has 0 unspecified atom stereocenters. The molecule has 1 saturated heterocycles. The minimum atomic E-state index is -0.375. The Bertz CT molecular complexity index is 1110. The van der Waals surface area contributed by atoms with Crippen LogP contribution in [0.25, 0.3) is 0 Å². The molecule has 8 nitrogen and oxygen atoms in total. The van der Waals surface area contributed by atoms with Crippen LogP contribution in [0.4, 0.5) is 28.7 Å². The van der Waals surface area contributed by atoms with Gasteiger partial charge < -0.3 is 25.6 Å². The highest BCUT2D eigenvalue weighted by atomic mass is 16.5. The van der Waals surface area contributed by atoms with Crippen molar-refractivity contribution in [3.8, 4) is 0 Å².